The summed E-state index contributed by atoms with van der Waals surface area (Å²) in [6.07, 6.45) is 0.423. The highest BCUT2D eigenvalue weighted by Gasteiger charge is 2.30. The second kappa shape index (κ2) is 7.55. The minimum absolute atomic E-state index is 0.0215. The molecule has 3 rings (SSSR count). The molecule has 1 fully saturated rings. The van der Waals surface area contributed by atoms with Gasteiger partial charge in [-0.1, -0.05) is 18.2 Å². The molecule has 1 aliphatic rings. The van der Waals surface area contributed by atoms with Gasteiger partial charge in [-0.05, 0) is 19.1 Å². The van der Waals surface area contributed by atoms with E-state index < -0.39 is 5.97 Å². The molecule has 7 heteroatoms. The summed E-state index contributed by atoms with van der Waals surface area (Å²) in [5.74, 6) is -0.737. The van der Waals surface area contributed by atoms with E-state index in [-0.39, 0.29) is 18.1 Å². The van der Waals surface area contributed by atoms with Gasteiger partial charge in [-0.2, -0.15) is 0 Å². The van der Waals surface area contributed by atoms with Crippen LogP contribution in [0.4, 0.5) is 0 Å². The van der Waals surface area contributed by atoms with E-state index in [1.807, 2.05) is 6.07 Å². The number of ether oxygens (including phenoxy) is 2. The van der Waals surface area contributed by atoms with Crippen molar-refractivity contribution >= 4 is 23.3 Å². The topological polar surface area (TPSA) is 77.5 Å². The van der Waals surface area contributed by atoms with E-state index in [0.717, 1.165) is 5.01 Å². The zero-order valence-corrected chi connectivity index (χ0v) is 14.0. The maximum Gasteiger partial charge on any atom is 0.357 e. The van der Waals surface area contributed by atoms with Gasteiger partial charge in [0.15, 0.2) is 5.69 Å². The van der Waals surface area contributed by atoms with E-state index in [1.54, 1.807) is 36.6 Å². The van der Waals surface area contributed by atoms with Crippen molar-refractivity contribution in [3.05, 3.63) is 52.0 Å². The lowest BCUT2D eigenvalue weighted by molar-refractivity contribution is 0.0339. The summed E-state index contributed by atoms with van der Waals surface area (Å²) in [4.78, 5) is 28.1. The summed E-state index contributed by atoms with van der Waals surface area (Å²) in [5, 5.41) is 5.78. The Morgan fingerprint density at radius 3 is 2.83 bits per heavy atom. The van der Waals surface area contributed by atoms with Crippen LogP contribution in [-0.2, 0) is 9.47 Å². The average Bonchev–Trinajstić information content (AvgIpc) is 3.25. The number of carbonyl (C=O) groups excluding carboxylic acids is 2. The summed E-state index contributed by atoms with van der Waals surface area (Å²) in [5.41, 5.74) is 0.864. The molecule has 0 radical (unpaired) electrons. The fourth-order valence-electron chi connectivity index (χ4n) is 2.52. The maximum absolute atomic E-state index is 12.1. The number of carbonyl (C=O) groups is 2. The van der Waals surface area contributed by atoms with Crippen LogP contribution in [0.5, 0.6) is 0 Å². The molecule has 1 saturated heterocycles. The second-order valence-electron chi connectivity index (χ2n) is 5.38. The standard InChI is InChI=1S/C17H18N2O4S/c1-2-22-17(21)14-10-24-15(19-14)13-8-12(9-18-13)23-16(20)11-6-4-3-5-7-11/h3-7,10,12-13,18H,2,8-9H2,1H3/t12-,13+/m0/s1. The number of aromatic nitrogens is 1. The molecule has 126 valence electrons. The molecule has 0 spiro atoms. The van der Waals surface area contributed by atoms with E-state index in [0.29, 0.717) is 30.8 Å². The first-order valence-corrected chi connectivity index (χ1v) is 8.67. The molecule has 0 amide bonds. The van der Waals surface area contributed by atoms with Crippen molar-refractivity contribution in [3.8, 4) is 0 Å². The average molecular weight is 346 g/mol. The summed E-state index contributed by atoms with van der Waals surface area (Å²) in [6.45, 7) is 2.65. The molecule has 1 N–H and O–H groups in total. The van der Waals surface area contributed by atoms with Gasteiger partial charge in [0.1, 0.15) is 11.1 Å². The van der Waals surface area contributed by atoms with Gasteiger partial charge in [-0.15, -0.1) is 11.3 Å². The van der Waals surface area contributed by atoms with E-state index >= 15 is 0 Å². The van der Waals surface area contributed by atoms with Gasteiger partial charge in [0.25, 0.3) is 0 Å². The van der Waals surface area contributed by atoms with Crippen molar-refractivity contribution in [1.82, 2.24) is 10.3 Å². The van der Waals surface area contributed by atoms with Gasteiger partial charge in [0.05, 0.1) is 18.2 Å². The predicted octanol–water partition coefficient (Wildman–Crippen LogP) is 2.58. The largest absolute Gasteiger partial charge is 0.461 e. The minimum atomic E-state index is -0.412. The molecular weight excluding hydrogens is 328 g/mol. The first-order valence-electron chi connectivity index (χ1n) is 7.79. The predicted molar refractivity (Wildman–Crippen MR) is 89.1 cm³/mol. The van der Waals surface area contributed by atoms with E-state index in [9.17, 15) is 9.59 Å². The molecule has 1 aromatic heterocycles. The molecule has 2 aromatic rings. The van der Waals surface area contributed by atoms with Crippen molar-refractivity contribution in [2.24, 2.45) is 0 Å². The molecular formula is C17H18N2O4S. The van der Waals surface area contributed by atoms with Crippen LogP contribution in [0.25, 0.3) is 0 Å². The number of nitrogens with zero attached hydrogens (tertiary/aromatic N) is 1. The van der Waals surface area contributed by atoms with Crippen molar-refractivity contribution in [2.75, 3.05) is 13.2 Å². The van der Waals surface area contributed by atoms with E-state index in [4.69, 9.17) is 9.47 Å². The Morgan fingerprint density at radius 1 is 1.29 bits per heavy atom. The maximum atomic E-state index is 12.1. The van der Waals surface area contributed by atoms with Crippen LogP contribution in [0.2, 0.25) is 0 Å². The molecule has 0 aliphatic carbocycles. The van der Waals surface area contributed by atoms with Crippen LogP contribution < -0.4 is 5.32 Å². The van der Waals surface area contributed by atoms with Gasteiger partial charge in [-0.25, -0.2) is 14.6 Å². The lowest BCUT2D eigenvalue weighted by Crippen LogP contribution is -2.21. The molecule has 6 nitrogen and oxygen atoms in total. The van der Waals surface area contributed by atoms with Gasteiger partial charge >= 0.3 is 11.9 Å². The molecule has 2 atom stereocenters. The molecule has 0 unspecified atom stereocenters. The SMILES string of the molecule is CCOC(=O)c1csc([C@H]2C[C@H](OC(=O)c3ccccc3)CN2)n1. The first-order chi connectivity index (χ1) is 11.7. The van der Waals surface area contributed by atoms with Crippen LogP contribution in [0.1, 0.15) is 45.2 Å². The Labute approximate surface area is 143 Å². The Hall–Kier alpha value is -2.25. The van der Waals surface area contributed by atoms with Crippen LogP contribution >= 0.6 is 11.3 Å². The second-order valence-corrected chi connectivity index (χ2v) is 6.27. The van der Waals surface area contributed by atoms with Crippen LogP contribution in [0, 0.1) is 0 Å². The number of nitrogens with one attached hydrogen (secondary N) is 1. The van der Waals surface area contributed by atoms with Crippen molar-refractivity contribution < 1.29 is 19.1 Å². The lowest BCUT2D eigenvalue weighted by atomic mass is 10.2. The zero-order chi connectivity index (χ0) is 16.9. The van der Waals surface area contributed by atoms with Crippen LogP contribution in [-0.4, -0.2) is 36.2 Å². The van der Waals surface area contributed by atoms with Crippen LogP contribution in [0.15, 0.2) is 35.7 Å². The molecule has 1 aromatic carbocycles. The van der Waals surface area contributed by atoms with E-state index in [1.165, 1.54) is 11.3 Å². The normalized spacial score (nSPS) is 19.9. The van der Waals surface area contributed by atoms with Gasteiger partial charge < -0.3 is 14.8 Å². The molecule has 0 bridgehead atoms. The smallest absolute Gasteiger partial charge is 0.357 e. The van der Waals surface area contributed by atoms with Gasteiger partial charge in [-0.3, -0.25) is 0 Å². The highest BCUT2D eigenvalue weighted by molar-refractivity contribution is 7.09. The molecule has 0 saturated carbocycles. The lowest BCUT2D eigenvalue weighted by Gasteiger charge is -2.11. The Morgan fingerprint density at radius 2 is 2.08 bits per heavy atom. The monoisotopic (exact) mass is 346 g/mol. The third-order valence-electron chi connectivity index (χ3n) is 3.68. The molecule has 24 heavy (non-hydrogen) atoms. The summed E-state index contributed by atoms with van der Waals surface area (Å²) in [6, 6.07) is 8.90. The molecule has 1 aliphatic heterocycles. The third kappa shape index (κ3) is 3.80. The first kappa shape index (κ1) is 16.6. The Balaban J connectivity index is 1.57. The Kier molecular flexibility index (Phi) is 5.22. The summed E-state index contributed by atoms with van der Waals surface area (Å²) >= 11 is 1.40. The number of hydrogen-bond donors (Lipinski definition) is 1. The van der Waals surface area contributed by atoms with E-state index in [2.05, 4.69) is 10.3 Å². The zero-order valence-electron chi connectivity index (χ0n) is 13.2. The number of hydrogen-bond acceptors (Lipinski definition) is 7. The number of esters is 2. The van der Waals surface area contributed by atoms with Gasteiger partial charge in [0.2, 0.25) is 0 Å². The molecule has 2 heterocycles. The van der Waals surface area contributed by atoms with Crippen molar-refractivity contribution in [1.29, 1.82) is 0 Å². The third-order valence-corrected chi connectivity index (χ3v) is 4.64. The van der Waals surface area contributed by atoms with Crippen LogP contribution in [0.3, 0.4) is 0 Å². The van der Waals surface area contributed by atoms with Crippen molar-refractivity contribution in [3.63, 3.8) is 0 Å². The van der Waals surface area contributed by atoms with Crippen molar-refractivity contribution in [2.45, 2.75) is 25.5 Å². The Bertz CT molecular complexity index is 716. The highest BCUT2D eigenvalue weighted by atomic mass is 32.1. The fourth-order valence-corrected chi connectivity index (χ4v) is 3.40. The fraction of sp³-hybridized carbons (Fsp3) is 0.353. The minimum Gasteiger partial charge on any atom is -0.461 e. The quantitative estimate of drug-likeness (QED) is 0.839. The highest BCUT2D eigenvalue weighted by Crippen LogP contribution is 2.28. The number of rotatable bonds is 5. The number of thiazole rings is 1. The summed E-state index contributed by atoms with van der Waals surface area (Å²) < 4.78 is 10.5. The summed E-state index contributed by atoms with van der Waals surface area (Å²) in [7, 11) is 0. The number of benzene rings is 1. The van der Waals surface area contributed by atoms with Gasteiger partial charge in [0, 0.05) is 18.3 Å².